The molecular weight excluding hydrogens is 354 g/mol. The van der Waals surface area contributed by atoms with E-state index >= 15 is 0 Å². The van der Waals surface area contributed by atoms with Gasteiger partial charge in [0.2, 0.25) is 0 Å². The van der Waals surface area contributed by atoms with Crippen molar-refractivity contribution in [2.24, 2.45) is 0 Å². The van der Waals surface area contributed by atoms with E-state index in [2.05, 4.69) is 21.2 Å². The summed E-state index contributed by atoms with van der Waals surface area (Å²) in [5, 5.41) is 3.88. The van der Waals surface area contributed by atoms with Crippen LogP contribution in [-0.2, 0) is 11.3 Å². The lowest BCUT2D eigenvalue weighted by molar-refractivity contribution is 0.199. The summed E-state index contributed by atoms with van der Waals surface area (Å²) >= 11 is 9.57. The third-order valence-corrected chi connectivity index (χ3v) is 3.67. The van der Waals surface area contributed by atoms with E-state index < -0.39 is 0 Å². The second-order valence-electron chi connectivity index (χ2n) is 4.45. The first-order valence-electron chi connectivity index (χ1n) is 6.61. The normalized spacial score (nSPS) is 10.6. The lowest BCUT2D eigenvalue weighted by Gasteiger charge is -2.13. The van der Waals surface area contributed by atoms with Crippen LogP contribution in [0.4, 0.5) is 0 Å². The van der Waals surface area contributed by atoms with Crippen LogP contribution in [0.5, 0.6) is 11.5 Å². The van der Waals surface area contributed by atoms with Crippen molar-refractivity contribution in [2.45, 2.75) is 6.54 Å². The maximum atomic E-state index is 6.19. The van der Waals surface area contributed by atoms with E-state index in [9.17, 15) is 0 Å². The molecular formula is C16H17BrClNO2. The van der Waals surface area contributed by atoms with Gasteiger partial charge in [-0.25, -0.2) is 0 Å². The molecule has 21 heavy (non-hydrogen) atoms. The van der Waals surface area contributed by atoms with E-state index in [1.165, 1.54) is 0 Å². The van der Waals surface area contributed by atoms with Gasteiger partial charge in [0.05, 0.1) is 11.6 Å². The van der Waals surface area contributed by atoms with E-state index in [0.717, 1.165) is 22.3 Å². The number of hydrogen-bond donors (Lipinski definition) is 1. The van der Waals surface area contributed by atoms with Crippen molar-refractivity contribution in [1.29, 1.82) is 0 Å². The molecule has 1 N–H and O–H groups in total. The highest BCUT2D eigenvalue weighted by atomic mass is 79.9. The van der Waals surface area contributed by atoms with Crippen molar-refractivity contribution in [1.82, 2.24) is 5.32 Å². The second kappa shape index (κ2) is 8.39. The molecule has 0 heterocycles. The van der Waals surface area contributed by atoms with Gasteiger partial charge in [-0.15, -0.1) is 0 Å². The zero-order valence-corrected chi connectivity index (χ0v) is 14.1. The highest BCUT2D eigenvalue weighted by Crippen LogP contribution is 2.33. The number of nitrogens with one attached hydrogen (secondary N) is 1. The molecule has 0 radical (unpaired) electrons. The van der Waals surface area contributed by atoms with E-state index in [1.54, 1.807) is 7.11 Å². The van der Waals surface area contributed by atoms with Gasteiger partial charge in [-0.2, -0.15) is 0 Å². The van der Waals surface area contributed by atoms with E-state index in [1.807, 2.05) is 42.5 Å². The molecule has 0 atom stereocenters. The lowest BCUT2D eigenvalue weighted by atomic mass is 10.2. The van der Waals surface area contributed by atoms with Crippen LogP contribution in [0.3, 0.4) is 0 Å². The van der Waals surface area contributed by atoms with E-state index in [0.29, 0.717) is 23.9 Å². The van der Waals surface area contributed by atoms with Crippen LogP contribution in [-0.4, -0.2) is 20.3 Å². The van der Waals surface area contributed by atoms with Crippen LogP contribution in [0.1, 0.15) is 5.56 Å². The number of rotatable bonds is 7. The molecule has 0 spiro atoms. The summed E-state index contributed by atoms with van der Waals surface area (Å²) in [4.78, 5) is 0. The Morgan fingerprint density at radius 2 is 1.95 bits per heavy atom. The van der Waals surface area contributed by atoms with Gasteiger partial charge in [0.25, 0.3) is 0 Å². The summed E-state index contributed by atoms with van der Waals surface area (Å²) in [5.41, 5.74) is 1.08. The fraction of sp³-hybridized carbons (Fsp3) is 0.250. The molecule has 0 saturated heterocycles. The Balaban J connectivity index is 2.08. The highest BCUT2D eigenvalue weighted by Gasteiger charge is 2.07. The molecule has 0 amide bonds. The Labute approximate surface area is 138 Å². The number of ether oxygens (including phenoxy) is 2. The Kier molecular flexibility index (Phi) is 6.51. The largest absolute Gasteiger partial charge is 0.455 e. The first kappa shape index (κ1) is 16.3. The lowest BCUT2D eigenvalue weighted by Crippen LogP contribution is -2.18. The van der Waals surface area contributed by atoms with Gasteiger partial charge in [-0.05, 0) is 24.3 Å². The van der Waals surface area contributed by atoms with Gasteiger partial charge in [0.15, 0.2) is 0 Å². The van der Waals surface area contributed by atoms with Crippen LogP contribution in [0, 0.1) is 0 Å². The van der Waals surface area contributed by atoms with Crippen LogP contribution in [0.2, 0.25) is 5.02 Å². The molecule has 5 heteroatoms. The van der Waals surface area contributed by atoms with Crippen LogP contribution in [0.25, 0.3) is 0 Å². The number of para-hydroxylation sites is 1. The highest BCUT2D eigenvalue weighted by molar-refractivity contribution is 9.10. The molecule has 0 unspecified atom stereocenters. The predicted octanol–water partition coefficient (Wildman–Crippen LogP) is 4.63. The predicted molar refractivity (Wildman–Crippen MR) is 89.3 cm³/mol. The molecule has 2 rings (SSSR count). The Morgan fingerprint density at radius 3 is 2.71 bits per heavy atom. The van der Waals surface area contributed by atoms with Gasteiger partial charge < -0.3 is 14.8 Å². The van der Waals surface area contributed by atoms with Crippen molar-refractivity contribution in [3.63, 3.8) is 0 Å². The standard InChI is InChI=1S/C16H17BrClNO2/c1-20-9-8-19-11-12-4-2-3-5-15(12)21-16-7-6-13(17)10-14(16)18/h2-7,10,19H,8-9,11H2,1H3. The molecule has 3 nitrogen and oxygen atoms in total. The first-order valence-corrected chi connectivity index (χ1v) is 7.78. The molecule has 0 bridgehead atoms. The number of halogens is 2. The molecule has 2 aromatic carbocycles. The van der Waals surface area contributed by atoms with Crippen molar-refractivity contribution in [3.8, 4) is 11.5 Å². The minimum absolute atomic E-state index is 0.575. The van der Waals surface area contributed by atoms with Gasteiger partial charge in [0.1, 0.15) is 11.5 Å². The van der Waals surface area contributed by atoms with Crippen molar-refractivity contribution < 1.29 is 9.47 Å². The summed E-state index contributed by atoms with van der Waals surface area (Å²) in [6.07, 6.45) is 0. The summed E-state index contributed by atoms with van der Waals surface area (Å²) < 4.78 is 11.9. The molecule has 112 valence electrons. The van der Waals surface area contributed by atoms with E-state index in [4.69, 9.17) is 21.1 Å². The van der Waals surface area contributed by atoms with Crippen molar-refractivity contribution in [3.05, 3.63) is 57.5 Å². The quantitative estimate of drug-likeness (QED) is 0.721. The van der Waals surface area contributed by atoms with Gasteiger partial charge in [-0.1, -0.05) is 45.7 Å². The zero-order chi connectivity index (χ0) is 15.1. The maximum Gasteiger partial charge on any atom is 0.146 e. The zero-order valence-electron chi connectivity index (χ0n) is 11.7. The van der Waals surface area contributed by atoms with Gasteiger partial charge in [-0.3, -0.25) is 0 Å². The topological polar surface area (TPSA) is 30.5 Å². The number of hydrogen-bond acceptors (Lipinski definition) is 3. The molecule has 0 aliphatic rings. The Morgan fingerprint density at radius 1 is 1.14 bits per heavy atom. The molecule has 0 fully saturated rings. The number of methoxy groups -OCH3 is 1. The molecule has 0 aliphatic heterocycles. The minimum Gasteiger partial charge on any atom is -0.455 e. The van der Waals surface area contributed by atoms with Crippen LogP contribution in [0.15, 0.2) is 46.9 Å². The fourth-order valence-corrected chi connectivity index (χ4v) is 2.54. The molecule has 0 aromatic heterocycles. The summed E-state index contributed by atoms with van der Waals surface area (Å²) in [6.45, 7) is 2.19. The third-order valence-electron chi connectivity index (χ3n) is 2.88. The number of benzene rings is 2. The van der Waals surface area contributed by atoms with Crippen LogP contribution >= 0.6 is 27.5 Å². The Bertz CT molecular complexity index is 592. The third kappa shape index (κ3) is 5.00. The van der Waals surface area contributed by atoms with Crippen molar-refractivity contribution in [2.75, 3.05) is 20.3 Å². The summed E-state index contributed by atoms with van der Waals surface area (Å²) in [5.74, 6) is 1.44. The average molecular weight is 371 g/mol. The maximum absolute atomic E-state index is 6.19. The minimum atomic E-state index is 0.575. The average Bonchev–Trinajstić information content (AvgIpc) is 2.48. The monoisotopic (exact) mass is 369 g/mol. The second-order valence-corrected chi connectivity index (χ2v) is 5.78. The molecule has 2 aromatic rings. The summed E-state index contributed by atoms with van der Waals surface area (Å²) in [7, 11) is 1.69. The molecule has 0 aliphatic carbocycles. The summed E-state index contributed by atoms with van der Waals surface area (Å²) in [6, 6.07) is 13.5. The van der Waals surface area contributed by atoms with Crippen molar-refractivity contribution >= 4 is 27.5 Å². The Hall–Kier alpha value is -1.07. The van der Waals surface area contributed by atoms with E-state index in [-0.39, 0.29) is 0 Å². The first-order chi connectivity index (χ1) is 10.2. The van der Waals surface area contributed by atoms with Gasteiger partial charge >= 0.3 is 0 Å². The fourth-order valence-electron chi connectivity index (χ4n) is 1.82. The SMILES string of the molecule is COCCNCc1ccccc1Oc1ccc(Br)cc1Cl. The van der Waals surface area contributed by atoms with Gasteiger partial charge in [0, 0.05) is 30.2 Å². The van der Waals surface area contributed by atoms with Crippen LogP contribution < -0.4 is 10.1 Å². The molecule has 0 saturated carbocycles. The smallest absolute Gasteiger partial charge is 0.146 e.